The number of amides is 1. The molecule has 0 spiro atoms. The maximum atomic E-state index is 10.9. The number of imidazole rings is 1. The Kier molecular flexibility index (Phi) is 4.41. The van der Waals surface area contributed by atoms with Gasteiger partial charge in [-0.2, -0.15) is 0 Å². The second-order valence-corrected chi connectivity index (χ2v) is 4.93. The van der Waals surface area contributed by atoms with E-state index in [1.807, 2.05) is 11.4 Å². The summed E-state index contributed by atoms with van der Waals surface area (Å²) in [6, 6.07) is 5.20. The molecule has 0 fully saturated rings. The van der Waals surface area contributed by atoms with E-state index in [-0.39, 0.29) is 12.4 Å². The number of aromatic amines is 1. The Bertz CT molecular complexity index is 785. The summed E-state index contributed by atoms with van der Waals surface area (Å²) >= 11 is 1.47. The van der Waals surface area contributed by atoms with Gasteiger partial charge in [0.05, 0.1) is 5.52 Å². The summed E-state index contributed by atoms with van der Waals surface area (Å²) in [7, 11) is 0. The number of rotatable bonds is 3. The van der Waals surface area contributed by atoms with E-state index < -0.39 is 6.09 Å². The molecular weight excluding hydrogens is 314 g/mol. The number of nitrogens with one attached hydrogen (secondary N) is 1. The lowest BCUT2D eigenvalue weighted by Crippen LogP contribution is -2.16. The number of H-pyrrole nitrogens is 1. The van der Waals surface area contributed by atoms with Crippen LogP contribution in [0, 0.1) is 0 Å². The van der Waals surface area contributed by atoms with Gasteiger partial charge in [-0.3, -0.25) is 0 Å². The predicted octanol–water partition coefficient (Wildman–Crippen LogP) is 2.02. The highest BCUT2D eigenvalue weighted by molar-refractivity contribution is 7.09. The number of ether oxygens (including phenoxy) is 1. The molecule has 0 aliphatic rings. The van der Waals surface area contributed by atoms with Crippen LogP contribution in [0.25, 0.3) is 22.6 Å². The number of nitrogens with two attached hydrogens (primary N) is 2. The third kappa shape index (κ3) is 2.97. The van der Waals surface area contributed by atoms with Crippen LogP contribution in [-0.4, -0.2) is 21.0 Å². The number of nitrogens with zero attached hydrogens (tertiary/aromatic N) is 2. The van der Waals surface area contributed by atoms with Crippen LogP contribution in [-0.2, 0) is 6.54 Å². The zero-order valence-electron chi connectivity index (χ0n) is 10.7. The molecule has 2 aromatic heterocycles. The van der Waals surface area contributed by atoms with Gasteiger partial charge in [0.2, 0.25) is 0 Å². The normalized spacial score (nSPS) is 10.3. The molecule has 0 bridgehead atoms. The quantitative estimate of drug-likeness (QED) is 0.680. The predicted molar refractivity (Wildman–Crippen MR) is 82.6 cm³/mol. The van der Waals surface area contributed by atoms with Crippen LogP contribution in [0.1, 0.15) is 5.01 Å². The first kappa shape index (κ1) is 15.2. The maximum Gasteiger partial charge on any atom is 0.410 e. The Morgan fingerprint density at radius 2 is 2.19 bits per heavy atom. The van der Waals surface area contributed by atoms with E-state index in [1.165, 1.54) is 11.3 Å². The number of hydrogen-bond donors (Lipinski definition) is 3. The molecule has 3 aromatic rings. The van der Waals surface area contributed by atoms with E-state index in [4.69, 9.17) is 16.2 Å². The van der Waals surface area contributed by atoms with Gasteiger partial charge in [-0.25, -0.2) is 14.8 Å². The minimum absolute atomic E-state index is 0. The first-order valence-corrected chi connectivity index (χ1v) is 6.66. The molecule has 7 nitrogen and oxygen atoms in total. The van der Waals surface area contributed by atoms with Crippen molar-refractivity contribution in [2.24, 2.45) is 11.5 Å². The van der Waals surface area contributed by atoms with Gasteiger partial charge in [-0.1, -0.05) is 6.07 Å². The smallest absolute Gasteiger partial charge is 0.408 e. The molecule has 0 unspecified atom stereocenters. The minimum Gasteiger partial charge on any atom is -0.408 e. The molecule has 0 saturated carbocycles. The van der Waals surface area contributed by atoms with E-state index in [1.54, 1.807) is 12.1 Å². The Balaban J connectivity index is 0.00000161. The zero-order chi connectivity index (χ0) is 14.1. The van der Waals surface area contributed by atoms with Crippen molar-refractivity contribution in [3.8, 4) is 17.3 Å². The lowest BCUT2D eigenvalue weighted by atomic mass is 10.3. The molecule has 0 radical (unpaired) electrons. The highest BCUT2D eigenvalue weighted by atomic mass is 35.5. The van der Waals surface area contributed by atoms with Crippen molar-refractivity contribution in [1.29, 1.82) is 0 Å². The second kappa shape index (κ2) is 6.08. The molecular formula is C12H12ClN5O2S. The number of thiazole rings is 1. The zero-order valence-corrected chi connectivity index (χ0v) is 12.3. The standard InChI is InChI=1S/C12H11N5O2S.ClH/c13-4-9-15-7(5-20-9)11-16-6-2-1-3-8(10(6)17-11)19-12(14)18;/h1-3,5H,4,13H2,(H2,14,18)(H,16,17);1H. The van der Waals surface area contributed by atoms with Crippen LogP contribution in [0.5, 0.6) is 5.75 Å². The summed E-state index contributed by atoms with van der Waals surface area (Å²) in [5.74, 6) is 0.906. The fraction of sp³-hybridized carbons (Fsp3) is 0.0833. The van der Waals surface area contributed by atoms with Gasteiger partial charge in [-0.05, 0) is 12.1 Å². The number of carbonyl (C=O) groups excluding carboxylic acids is 1. The summed E-state index contributed by atoms with van der Waals surface area (Å²) in [5, 5.41) is 2.70. The van der Waals surface area contributed by atoms with Crippen molar-refractivity contribution < 1.29 is 9.53 Å². The molecule has 1 aromatic carbocycles. The number of aromatic nitrogens is 3. The van der Waals surface area contributed by atoms with Crippen molar-refractivity contribution in [3.63, 3.8) is 0 Å². The fourth-order valence-corrected chi connectivity index (χ4v) is 2.49. The highest BCUT2D eigenvalue weighted by Crippen LogP contribution is 2.27. The topological polar surface area (TPSA) is 120 Å². The van der Waals surface area contributed by atoms with Crippen LogP contribution in [0.3, 0.4) is 0 Å². The van der Waals surface area contributed by atoms with Crippen molar-refractivity contribution in [2.45, 2.75) is 6.54 Å². The Morgan fingerprint density at radius 3 is 2.86 bits per heavy atom. The number of carbonyl (C=O) groups is 1. The SMILES string of the molecule is Cl.NCc1nc(-c2nc3c(OC(N)=O)cccc3[nH]2)cs1. The molecule has 1 amide bonds. The third-order valence-electron chi connectivity index (χ3n) is 2.66. The highest BCUT2D eigenvalue weighted by Gasteiger charge is 2.13. The summed E-state index contributed by atoms with van der Waals surface area (Å²) in [6.45, 7) is 0.390. The van der Waals surface area contributed by atoms with E-state index in [9.17, 15) is 4.79 Å². The Hall–Kier alpha value is -2.16. The number of benzene rings is 1. The monoisotopic (exact) mass is 325 g/mol. The van der Waals surface area contributed by atoms with Gasteiger partial charge in [0.1, 0.15) is 16.2 Å². The van der Waals surface area contributed by atoms with Crippen LogP contribution in [0.2, 0.25) is 0 Å². The number of fused-ring (bicyclic) bond motifs is 1. The number of halogens is 1. The summed E-state index contributed by atoms with van der Waals surface area (Å²) in [4.78, 5) is 22.7. The number of hydrogen-bond acceptors (Lipinski definition) is 6. The molecule has 0 aliphatic heterocycles. The van der Waals surface area contributed by atoms with Gasteiger partial charge in [-0.15, -0.1) is 23.7 Å². The third-order valence-corrected chi connectivity index (χ3v) is 3.53. The Labute approximate surface area is 129 Å². The van der Waals surface area contributed by atoms with Crippen molar-refractivity contribution in [3.05, 3.63) is 28.6 Å². The average Bonchev–Trinajstić information content (AvgIpc) is 3.04. The lowest BCUT2D eigenvalue weighted by molar-refractivity contribution is 0.211. The fourth-order valence-electron chi connectivity index (χ4n) is 1.83. The molecule has 0 saturated heterocycles. The van der Waals surface area contributed by atoms with Crippen LogP contribution in [0.15, 0.2) is 23.6 Å². The van der Waals surface area contributed by atoms with E-state index in [0.717, 1.165) is 10.5 Å². The van der Waals surface area contributed by atoms with Crippen LogP contribution in [0.4, 0.5) is 4.79 Å². The summed E-state index contributed by atoms with van der Waals surface area (Å²) in [5.41, 5.74) is 12.5. The van der Waals surface area contributed by atoms with E-state index >= 15 is 0 Å². The molecule has 9 heteroatoms. The van der Waals surface area contributed by atoms with Gasteiger partial charge < -0.3 is 21.2 Å². The second-order valence-electron chi connectivity index (χ2n) is 3.99. The van der Waals surface area contributed by atoms with E-state index in [2.05, 4.69) is 15.0 Å². The van der Waals surface area contributed by atoms with Gasteiger partial charge in [0, 0.05) is 11.9 Å². The average molecular weight is 326 g/mol. The van der Waals surface area contributed by atoms with Gasteiger partial charge in [0.25, 0.3) is 0 Å². The molecule has 2 heterocycles. The van der Waals surface area contributed by atoms with Gasteiger partial charge >= 0.3 is 6.09 Å². The first-order chi connectivity index (χ1) is 9.67. The molecule has 110 valence electrons. The van der Waals surface area contributed by atoms with Crippen LogP contribution < -0.4 is 16.2 Å². The molecule has 5 N–H and O–H groups in total. The number of para-hydroxylation sites is 1. The van der Waals surface area contributed by atoms with Crippen LogP contribution >= 0.6 is 23.7 Å². The minimum atomic E-state index is -0.874. The summed E-state index contributed by atoms with van der Waals surface area (Å²) in [6.07, 6.45) is -0.874. The molecule has 3 rings (SSSR count). The van der Waals surface area contributed by atoms with Crippen molar-refractivity contribution in [2.75, 3.05) is 0 Å². The Morgan fingerprint density at radius 1 is 1.38 bits per heavy atom. The summed E-state index contributed by atoms with van der Waals surface area (Å²) < 4.78 is 4.92. The van der Waals surface area contributed by atoms with Gasteiger partial charge in [0.15, 0.2) is 11.6 Å². The van der Waals surface area contributed by atoms with E-state index in [0.29, 0.717) is 29.3 Å². The maximum absolute atomic E-state index is 10.9. The van der Waals surface area contributed by atoms with Crippen molar-refractivity contribution >= 4 is 40.9 Å². The van der Waals surface area contributed by atoms with Crippen molar-refractivity contribution in [1.82, 2.24) is 15.0 Å². The molecule has 21 heavy (non-hydrogen) atoms. The number of primary amides is 1. The largest absolute Gasteiger partial charge is 0.410 e. The lowest BCUT2D eigenvalue weighted by Gasteiger charge is -1.99. The first-order valence-electron chi connectivity index (χ1n) is 5.78. The molecule has 0 atom stereocenters. The molecule has 0 aliphatic carbocycles.